The summed E-state index contributed by atoms with van der Waals surface area (Å²) in [5.74, 6) is 0.567. The molecule has 1 saturated carbocycles. The lowest BCUT2D eigenvalue weighted by atomic mass is 9.77. The van der Waals surface area contributed by atoms with Crippen molar-refractivity contribution in [2.75, 3.05) is 6.61 Å². The third kappa shape index (κ3) is 4.81. The highest BCUT2D eigenvalue weighted by Gasteiger charge is 2.32. The number of rotatable bonds is 9. The number of carbonyl (C=O) groups excluding carboxylic acids is 1. The molecule has 0 bridgehead atoms. The SMILES string of the molecule is C=C=C=CCC1CCC1NC(=O)c1cnn(CCO)c1OCc1ccccc1. The Morgan fingerprint density at radius 1 is 1.39 bits per heavy atom. The second-order valence-electron chi connectivity index (χ2n) is 6.76. The van der Waals surface area contributed by atoms with E-state index in [1.165, 1.54) is 10.9 Å². The zero-order valence-electron chi connectivity index (χ0n) is 15.8. The number of amides is 1. The number of hydrogen-bond acceptors (Lipinski definition) is 4. The Balaban J connectivity index is 1.69. The molecule has 1 aliphatic rings. The maximum absolute atomic E-state index is 12.8. The van der Waals surface area contributed by atoms with Gasteiger partial charge in [0.25, 0.3) is 5.91 Å². The molecule has 1 fully saturated rings. The average molecular weight is 379 g/mol. The van der Waals surface area contributed by atoms with Crippen molar-refractivity contribution < 1.29 is 14.6 Å². The first-order chi connectivity index (χ1) is 13.7. The van der Waals surface area contributed by atoms with Gasteiger partial charge in [-0.1, -0.05) is 41.8 Å². The fourth-order valence-corrected chi connectivity index (χ4v) is 3.23. The van der Waals surface area contributed by atoms with E-state index in [4.69, 9.17) is 4.74 Å². The fraction of sp³-hybridized carbons (Fsp3) is 0.364. The van der Waals surface area contributed by atoms with Gasteiger partial charge in [0.1, 0.15) is 12.2 Å². The number of carbonyl (C=O) groups is 1. The molecule has 6 heteroatoms. The molecule has 1 aliphatic carbocycles. The van der Waals surface area contributed by atoms with Crippen LogP contribution in [-0.2, 0) is 13.2 Å². The van der Waals surface area contributed by atoms with E-state index in [2.05, 4.69) is 28.5 Å². The second kappa shape index (κ2) is 9.77. The zero-order valence-corrected chi connectivity index (χ0v) is 15.8. The molecule has 0 radical (unpaired) electrons. The highest BCUT2D eigenvalue weighted by atomic mass is 16.5. The van der Waals surface area contributed by atoms with E-state index in [-0.39, 0.29) is 25.1 Å². The Morgan fingerprint density at radius 3 is 2.89 bits per heavy atom. The Kier molecular flexibility index (Phi) is 6.88. The summed E-state index contributed by atoms with van der Waals surface area (Å²) < 4.78 is 7.43. The zero-order chi connectivity index (χ0) is 19.8. The van der Waals surface area contributed by atoms with Gasteiger partial charge in [-0.3, -0.25) is 4.79 Å². The van der Waals surface area contributed by atoms with Crippen LogP contribution in [0.15, 0.2) is 60.6 Å². The van der Waals surface area contributed by atoms with E-state index >= 15 is 0 Å². The molecule has 1 aromatic carbocycles. The molecule has 2 unspecified atom stereocenters. The second-order valence-corrected chi connectivity index (χ2v) is 6.76. The summed E-state index contributed by atoms with van der Waals surface area (Å²) in [5, 5.41) is 16.6. The predicted molar refractivity (Wildman–Crippen MR) is 106 cm³/mol. The van der Waals surface area contributed by atoms with Crippen LogP contribution < -0.4 is 10.1 Å². The average Bonchev–Trinajstić information content (AvgIpc) is 3.10. The molecular formula is C22H25N3O3. The van der Waals surface area contributed by atoms with Gasteiger partial charge in [0.2, 0.25) is 5.88 Å². The summed E-state index contributed by atoms with van der Waals surface area (Å²) in [7, 11) is 0. The molecule has 28 heavy (non-hydrogen) atoms. The van der Waals surface area contributed by atoms with Crippen molar-refractivity contribution in [3.63, 3.8) is 0 Å². The molecule has 2 N–H and O–H groups in total. The largest absolute Gasteiger partial charge is 0.472 e. The number of ether oxygens (including phenoxy) is 1. The van der Waals surface area contributed by atoms with Gasteiger partial charge in [-0.15, -0.1) is 0 Å². The van der Waals surface area contributed by atoms with Gasteiger partial charge < -0.3 is 15.2 Å². The van der Waals surface area contributed by atoms with Crippen molar-refractivity contribution in [3.05, 3.63) is 71.8 Å². The highest BCUT2D eigenvalue weighted by Crippen LogP contribution is 2.31. The lowest BCUT2D eigenvalue weighted by Gasteiger charge is -2.36. The van der Waals surface area contributed by atoms with Crippen LogP contribution >= 0.6 is 0 Å². The maximum atomic E-state index is 12.8. The van der Waals surface area contributed by atoms with Crippen LogP contribution in [0, 0.1) is 5.92 Å². The van der Waals surface area contributed by atoms with E-state index in [0.29, 0.717) is 24.0 Å². The monoisotopic (exact) mass is 379 g/mol. The van der Waals surface area contributed by atoms with Crippen LogP contribution in [0.4, 0.5) is 0 Å². The van der Waals surface area contributed by atoms with E-state index in [1.54, 1.807) is 0 Å². The van der Waals surface area contributed by atoms with Crippen LogP contribution in [0.2, 0.25) is 0 Å². The molecule has 0 saturated heterocycles. The first-order valence-electron chi connectivity index (χ1n) is 9.46. The number of nitrogens with one attached hydrogen (secondary N) is 1. The van der Waals surface area contributed by atoms with Gasteiger partial charge in [0, 0.05) is 6.04 Å². The van der Waals surface area contributed by atoms with Crippen LogP contribution in [0.25, 0.3) is 0 Å². The lowest BCUT2D eigenvalue weighted by molar-refractivity contribution is 0.0870. The van der Waals surface area contributed by atoms with Crippen molar-refractivity contribution in [1.29, 1.82) is 0 Å². The number of aliphatic hydroxyl groups is 1. The van der Waals surface area contributed by atoms with Gasteiger partial charge in [-0.2, -0.15) is 5.10 Å². The summed E-state index contributed by atoms with van der Waals surface area (Å²) in [6, 6.07) is 9.84. The molecule has 1 heterocycles. The standard InChI is InChI=1S/C22H25N3O3/c1-2-3-5-10-18-11-12-20(18)24-21(27)19-15-23-25(13-14-26)22(19)28-16-17-8-6-4-7-9-17/h4-9,15,18,20,26H,1,10-14,16H2,(H,24,27). The summed E-state index contributed by atoms with van der Waals surface area (Å²) in [4.78, 5) is 12.8. The lowest BCUT2D eigenvalue weighted by Crippen LogP contribution is -2.46. The fourth-order valence-electron chi connectivity index (χ4n) is 3.23. The molecule has 2 atom stereocenters. The van der Waals surface area contributed by atoms with Crippen molar-refractivity contribution in [2.45, 2.75) is 38.5 Å². The molecule has 3 rings (SSSR count). The van der Waals surface area contributed by atoms with Crippen molar-refractivity contribution >= 4 is 5.91 Å². The van der Waals surface area contributed by atoms with Crippen LogP contribution in [0.3, 0.4) is 0 Å². The van der Waals surface area contributed by atoms with E-state index in [1.807, 2.05) is 36.4 Å². The van der Waals surface area contributed by atoms with Crippen molar-refractivity contribution in [1.82, 2.24) is 15.1 Å². The van der Waals surface area contributed by atoms with Gasteiger partial charge in [0.05, 0.1) is 19.3 Å². The number of hydrogen-bond donors (Lipinski definition) is 2. The molecule has 0 aliphatic heterocycles. The van der Waals surface area contributed by atoms with Gasteiger partial charge in [-0.25, -0.2) is 4.68 Å². The molecule has 146 valence electrons. The van der Waals surface area contributed by atoms with Gasteiger partial charge in [0.15, 0.2) is 0 Å². The minimum Gasteiger partial charge on any atom is -0.472 e. The Labute approximate surface area is 164 Å². The normalized spacial score (nSPS) is 17.8. The number of benzene rings is 1. The summed E-state index contributed by atoms with van der Waals surface area (Å²) >= 11 is 0. The molecule has 1 amide bonds. The molecule has 6 nitrogen and oxygen atoms in total. The van der Waals surface area contributed by atoms with Crippen LogP contribution in [0.1, 0.15) is 35.2 Å². The molecule has 0 spiro atoms. The smallest absolute Gasteiger partial charge is 0.258 e. The van der Waals surface area contributed by atoms with Crippen molar-refractivity contribution in [2.24, 2.45) is 5.92 Å². The number of nitrogens with zero attached hydrogens (tertiary/aromatic N) is 2. The topological polar surface area (TPSA) is 76.4 Å². The van der Waals surface area contributed by atoms with Crippen LogP contribution in [0.5, 0.6) is 5.88 Å². The van der Waals surface area contributed by atoms with Crippen LogP contribution in [-0.4, -0.2) is 33.4 Å². The summed E-state index contributed by atoms with van der Waals surface area (Å²) in [5.41, 5.74) is 6.85. The highest BCUT2D eigenvalue weighted by molar-refractivity contribution is 5.96. The third-order valence-corrected chi connectivity index (χ3v) is 4.92. The Morgan fingerprint density at radius 2 is 2.21 bits per heavy atom. The number of aromatic nitrogens is 2. The summed E-state index contributed by atoms with van der Waals surface area (Å²) in [6.45, 7) is 4.00. The predicted octanol–water partition coefficient (Wildman–Crippen LogP) is 2.85. The van der Waals surface area contributed by atoms with E-state index in [0.717, 1.165) is 24.8 Å². The van der Waals surface area contributed by atoms with Gasteiger partial charge in [-0.05, 0) is 43.4 Å². The van der Waals surface area contributed by atoms with E-state index in [9.17, 15) is 9.90 Å². The molecular weight excluding hydrogens is 354 g/mol. The van der Waals surface area contributed by atoms with E-state index < -0.39 is 0 Å². The third-order valence-electron chi connectivity index (χ3n) is 4.92. The Hall–Kier alpha value is -3.04. The Bertz CT molecular complexity index is 878. The van der Waals surface area contributed by atoms with Gasteiger partial charge >= 0.3 is 0 Å². The number of aliphatic hydroxyl groups excluding tert-OH is 1. The summed E-state index contributed by atoms with van der Waals surface area (Å²) in [6.07, 6.45) is 6.27. The first kappa shape index (κ1) is 19.7. The molecule has 1 aromatic heterocycles. The van der Waals surface area contributed by atoms with Crippen molar-refractivity contribution in [3.8, 4) is 5.88 Å². The molecule has 2 aromatic rings. The minimum absolute atomic E-state index is 0.0850. The number of allylic oxidation sites excluding steroid dienone is 1. The quantitative estimate of drug-likeness (QED) is 0.657. The first-order valence-corrected chi connectivity index (χ1v) is 9.46. The minimum atomic E-state index is -0.204. The maximum Gasteiger partial charge on any atom is 0.258 e.